The van der Waals surface area contributed by atoms with E-state index in [9.17, 15) is 14.4 Å². The molecule has 0 bridgehead atoms. The number of rotatable bonds is 5. The fourth-order valence-electron chi connectivity index (χ4n) is 2.51. The maximum atomic E-state index is 12.0. The van der Waals surface area contributed by atoms with Gasteiger partial charge in [0.05, 0.1) is 6.04 Å². The molecule has 0 unspecified atom stereocenters. The number of nitrogens with zero attached hydrogens (tertiary/aromatic N) is 1. The zero-order chi connectivity index (χ0) is 15.9. The molecule has 1 aromatic rings. The van der Waals surface area contributed by atoms with Gasteiger partial charge in [-0.3, -0.25) is 9.59 Å². The third-order valence-corrected chi connectivity index (χ3v) is 3.64. The highest BCUT2D eigenvalue weighted by Gasteiger charge is 2.31. The van der Waals surface area contributed by atoms with Gasteiger partial charge in [0, 0.05) is 6.54 Å². The maximum Gasteiger partial charge on any atom is 0.407 e. The average molecular weight is 304 g/mol. The Morgan fingerprint density at radius 3 is 2.68 bits per heavy atom. The van der Waals surface area contributed by atoms with Crippen molar-refractivity contribution in [2.24, 2.45) is 0 Å². The molecule has 118 valence electrons. The van der Waals surface area contributed by atoms with Crippen LogP contribution in [-0.4, -0.2) is 41.8 Å². The Kier molecular flexibility index (Phi) is 5.52. The number of benzene rings is 1. The summed E-state index contributed by atoms with van der Waals surface area (Å²) in [5.74, 6) is -0.271. The number of ether oxygens (including phenoxy) is 1. The van der Waals surface area contributed by atoms with Crippen molar-refractivity contribution >= 4 is 17.8 Å². The van der Waals surface area contributed by atoms with Crippen LogP contribution in [0.25, 0.3) is 0 Å². The predicted octanol–water partition coefficient (Wildman–Crippen LogP) is 1.49. The zero-order valence-corrected chi connectivity index (χ0v) is 12.6. The number of carbonyl (C=O) groups excluding carboxylic acids is 3. The molecule has 1 fully saturated rings. The molecule has 1 aliphatic rings. The molecule has 0 saturated carbocycles. The smallest absolute Gasteiger partial charge is 0.407 e. The highest BCUT2D eigenvalue weighted by Crippen LogP contribution is 2.17. The summed E-state index contributed by atoms with van der Waals surface area (Å²) in [6.07, 6.45) is 0.865. The van der Waals surface area contributed by atoms with Gasteiger partial charge in [0.1, 0.15) is 13.2 Å². The van der Waals surface area contributed by atoms with Crippen LogP contribution >= 0.6 is 0 Å². The van der Waals surface area contributed by atoms with Crippen molar-refractivity contribution in [3.05, 3.63) is 35.9 Å². The number of hydrogen-bond acceptors (Lipinski definition) is 4. The van der Waals surface area contributed by atoms with Gasteiger partial charge in [-0.05, 0) is 25.3 Å². The van der Waals surface area contributed by atoms with E-state index in [1.807, 2.05) is 30.3 Å². The van der Waals surface area contributed by atoms with Gasteiger partial charge >= 0.3 is 6.09 Å². The number of alkyl carbamates (subject to hydrolysis) is 1. The van der Waals surface area contributed by atoms with Crippen molar-refractivity contribution in [1.82, 2.24) is 10.2 Å². The molecule has 22 heavy (non-hydrogen) atoms. The van der Waals surface area contributed by atoms with Gasteiger partial charge in [-0.25, -0.2) is 4.79 Å². The third kappa shape index (κ3) is 4.31. The Morgan fingerprint density at radius 2 is 2.00 bits per heavy atom. The van der Waals surface area contributed by atoms with Crippen LogP contribution in [0.2, 0.25) is 0 Å². The average Bonchev–Trinajstić information content (AvgIpc) is 3.01. The van der Waals surface area contributed by atoms with Crippen LogP contribution in [0.5, 0.6) is 0 Å². The molecule has 6 heteroatoms. The van der Waals surface area contributed by atoms with Gasteiger partial charge < -0.3 is 15.0 Å². The molecule has 1 N–H and O–H groups in total. The summed E-state index contributed by atoms with van der Waals surface area (Å²) in [6.45, 7) is 2.04. The van der Waals surface area contributed by atoms with Gasteiger partial charge in [-0.1, -0.05) is 30.3 Å². The van der Waals surface area contributed by atoms with Crippen molar-refractivity contribution in [3.8, 4) is 0 Å². The van der Waals surface area contributed by atoms with E-state index in [1.165, 1.54) is 11.8 Å². The largest absolute Gasteiger partial charge is 0.445 e. The molecule has 1 heterocycles. The first kappa shape index (κ1) is 16.0. The number of carbonyl (C=O) groups is 3. The number of amides is 2. The van der Waals surface area contributed by atoms with E-state index in [0.29, 0.717) is 13.0 Å². The van der Waals surface area contributed by atoms with Gasteiger partial charge in [0.15, 0.2) is 5.78 Å². The molecule has 0 radical (unpaired) electrons. The molecule has 1 aromatic carbocycles. The van der Waals surface area contributed by atoms with Crippen molar-refractivity contribution in [2.75, 3.05) is 13.1 Å². The Labute approximate surface area is 129 Å². The second-order valence-electron chi connectivity index (χ2n) is 5.27. The summed E-state index contributed by atoms with van der Waals surface area (Å²) in [6, 6.07) is 8.93. The van der Waals surface area contributed by atoms with E-state index in [-0.39, 0.29) is 30.9 Å². The fourth-order valence-corrected chi connectivity index (χ4v) is 2.51. The minimum absolute atomic E-state index is 0.0162. The van der Waals surface area contributed by atoms with Crippen LogP contribution in [0.1, 0.15) is 25.3 Å². The summed E-state index contributed by atoms with van der Waals surface area (Å²) in [5.41, 5.74) is 0.875. The van der Waals surface area contributed by atoms with Crippen LogP contribution in [0.3, 0.4) is 0 Å². The number of hydrogen-bond donors (Lipinski definition) is 1. The number of ketones is 1. The monoisotopic (exact) mass is 304 g/mol. The van der Waals surface area contributed by atoms with Crippen molar-refractivity contribution in [2.45, 2.75) is 32.4 Å². The number of likely N-dealkylation sites (tertiary alicyclic amines) is 1. The maximum absolute atomic E-state index is 12.0. The molecule has 2 rings (SSSR count). The number of Topliss-reactive ketones (excluding diaryl/α,β-unsaturated/α-hetero) is 1. The Hall–Kier alpha value is -2.37. The van der Waals surface area contributed by atoms with Crippen LogP contribution in [0.4, 0.5) is 4.79 Å². The van der Waals surface area contributed by atoms with Gasteiger partial charge in [-0.15, -0.1) is 0 Å². The minimum Gasteiger partial charge on any atom is -0.445 e. The predicted molar refractivity (Wildman–Crippen MR) is 80.0 cm³/mol. The van der Waals surface area contributed by atoms with Crippen LogP contribution in [0.15, 0.2) is 30.3 Å². The third-order valence-electron chi connectivity index (χ3n) is 3.64. The summed E-state index contributed by atoms with van der Waals surface area (Å²) >= 11 is 0. The lowest BCUT2D eigenvalue weighted by Gasteiger charge is -2.22. The van der Waals surface area contributed by atoms with E-state index in [1.54, 1.807) is 0 Å². The van der Waals surface area contributed by atoms with Crippen molar-refractivity contribution in [3.63, 3.8) is 0 Å². The fraction of sp³-hybridized carbons (Fsp3) is 0.438. The summed E-state index contributed by atoms with van der Waals surface area (Å²) < 4.78 is 5.03. The van der Waals surface area contributed by atoms with Gasteiger partial charge in [-0.2, -0.15) is 0 Å². The molecule has 0 spiro atoms. The highest BCUT2D eigenvalue weighted by atomic mass is 16.5. The normalized spacial score (nSPS) is 17.1. The van der Waals surface area contributed by atoms with Gasteiger partial charge in [0.25, 0.3) is 0 Å². The lowest BCUT2D eigenvalue weighted by molar-refractivity contribution is -0.136. The standard InChI is InChI=1S/C16H20N2O4/c1-12(19)14-8-5-9-18(14)15(20)10-17-16(21)22-11-13-6-3-2-4-7-13/h2-4,6-7,14H,5,8-11H2,1H3,(H,17,21)/t14-/m0/s1. The molecule has 6 nitrogen and oxygen atoms in total. The second-order valence-corrected chi connectivity index (χ2v) is 5.27. The first-order valence-electron chi connectivity index (χ1n) is 7.32. The lowest BCUT2D eigenvalue weighted by Crippen LogP contribution is -2.45. The van der Waals surface area contributed by atoms with Crippen molar-refractivity contribution < 1.29 is 19.1 Å². The molecule has 0 aromatic heterocycles. The van der Waals surface area contributed by atoms with Crippen LogP contribution in [-0.2, 0) is 20.9 Å². The van der Waals surface area contributed by atoms with E-state index < -0.39 is 6.09 Å². The molecule has 1 aliphatic heterocycles. The minimum atomic E-state index is -0.643. The van der Waals surface area contributed by atoms with E-state index in [0.717, 1.165) is 12.0 Å². The first-order chi connectivity index (χ1) is 10.6. The highest BCUT2D eigenvalue weighted by molar-refractivity contribution is 5.89. The summed E-state index contributed by atoms with van der Waals surface area (Å²) in [7, 11) is 0. The molecule has 0 aliphatic carbocycles. The molecular formula is C16H20N2O4. The quantitative estimate of drug-likeness (QED) is 0.894. The van der Waals surface area contributed by atoms with Crippen LogP contribution < -0.4 is 5.32 Å². The topological polar surface area (TPSA) is 75.7 Å². The summed E-state index contributed by atoms with van der Waals surface area (Å²) in [4.78, 5) is 36.6. The van der Waals surface area contributed by atoms with Crippen LogP contribution in [0, 0.1) is 0 Å². The Morgan fingerprint density at radius 1 is 1.27 bits per heavy atom. The lowest BCUT2D eigenvalue weighted by atomic mass is 10.1. The van der Waals surface area contributed by atoms with E-state index in [2.05, 4.69) is 5.32 Å². The molecular weight excluding hydrogens is 284 g/mol. The zero-order valence-electron chi connectivity index (χ0n) is 12.6. The Bertz CT molecular complexity index is 544. The van der Waals surface area contributed by atoms with E-state index in [4.69, 9.17) is 4.74 Å². The summed E-state index contributed by atoms with van der Waals surface area (Å²) in [5, 5.41) is 2.43. The second kappa shape index (κ2) is 7.59. The Balaban J connectivity index is 1.74. The van der Waals surface area contributed by atoms with Crippen molar-refractivity contribution in [1.29, 1.82) is 0 Å². The number of nitrogens with one attached hydrogen (secondary N) is 1. The molecule has 1 saturated heterocycles. The SMILES string of the molecule is CC(=O)[C@@H]1CCCN1C(=O)CNC(=O)OCc1ccccc1. The molecule has 1 atom stereocenters. The van der Waals surface area contributed by atoms with Gasteiger partial charge in [0.2, 0.25) is 5.91 Å². The molecule has 2 amide bonds. The van der Waals surface area contributed by atoms with E-state index >= 15 is 0 Å². The first-order valence-corrected chi connectivity index (χ1v) is 7.32.